The van der Waals surface area contributed by atoms with Crippen molar-refractivity contribution >= 4 is 34.7 Å². The molecule has 2 rings (SSSR count). The van der Waals surface area contributed by atoms with Gasteiger partial charge >= 0.3 is 0 Å². The molecule has 1 N–H and O–H groups in total. The molecule has 0 spiro atoms. The van der Waals surface area contributed by atoms with Crippen LogP contribution >= 0.6 is 11.6 Å². The number of ketones is 1. The van der Waals surface area contributed by atoms with E-state index in [1.165, 1.54) is 6.07 Å². The maximum Gasteiger partial charge on any atom is 0.296 e. The van der Waals surface area contributed by atoms with E-state index in [4.69, 9.17) is 21.6 Å². The summed E-state index contributed by atoms with van der Waals surface area (Å²) in [7, 11) is 1.59. The van der Waals surface area contributed by atoms with E-state index in [0.29, 0.717) is 42.5 Å². The zero-order chi connectivity index (χ0) is 15.4. The van der Waals surface area contributed by atoms with Crippen LogP contribution in [0.4, 0.5) is 11.4 Å². The smallest absolute Gasteiger partial charge is 0.296 e. The van der Waals surface area contributed by atoms with Crippen molar-refractivity contribution in [3.8, 4) is 6.07 Å². The van der Waals surface area contributed by atoms with E-state index in [-0.39, 0.29) is 5.56 Å². The highest BCUT2D eigenvalue weighted by Gasteiger charge is 2.29. The number of nitrogens with one attached hydrogen (secondary N) is 1. The van der Waals surface area contributed by atoms with E-state index >= 15 is 0 Å². The summed E-state index contributed by atoms with van der Waals surface area (Å²) in [5.41, 5.74) is 1.39. The average molecular weight is 308 g/mol. The van der Waals surface area contributed by atoms with E-state index in [9.17, 15) is 9.59 Å². The molecule has 110 valence electrons. The number of carbonyl (C=O) groups is 2. The van der Waals surface area contributed by atoms with E-state index in [1.54, 1.807) is 13.2 Å². The number of methoxy groups -OCH3 is 1. The fourth-order valence-corrected chi connectivity index (χ4v) is 2.42. The van der Waals surface area contributed by atoms with Crippen LogP contribution in [-0.2, 0) is 9.53 Å². The van der Waals surface area contributed by atoms with Gasteiger partial charge in [-0.15, -0.1) is 0 Å². The Hall–Kier alpha value is -2.10. The zero-order valence-corrected chi connectivity index (χ0v) is 12.2. The first-order valence-corrected chi connectivity index (χ1v) is 6.76. The molecule has 6 nitrogen and oxygen atoms in total. The summed E-state index contributed by atoms with van der Waals surface area (Å²) in [6, 6.07) is 5.23. The van der Waals surface area contributed by atoms with Crippen molar-refractivity contribution < 1.29 is 14.3 Å². The maximum atomic E-state index is 11.6. The predicted molar refractivity (Wildman–Crippen MR) is 78.7 cm³/mol. The number of nitrogens with zero attached hydrogens (tertiary/aromatic N) is 2. The number of fused-ring (bicyclic) bond motifs is 1. The summed E-state index contributed by atoms with van der Waals surface area (Å²) in [5, 5.41) is 11.6. The number of hydrogen-bond acceptors (Lipinski definition) is 5. The van der Waals surface area contributed by atoms with Gasteiger partial charge in [-0.2, -0.15) is 5.26 Å². The first-order valence-electron chi connectivity index (χ1n) is 6.38. The number of carbonyl (C=O) groups excluding carboxylic acids is 2. The van der Waals surface area contributed by atoms with Gasteiger partial charge in [0.25, 0.3) is 11.7 Å². The normalized spacial score (nSPS) is 12.8. The van der Waals surface area contributed by atoms with Crippen LogP contribution in [-0.4, -0.2) is 38.5 Å². The van der Waals surface area contributed by atoms with Crippen molar-refractivity contribution in [3.05, 3.63) is 22.7 Å². The summed E-state index contributed by atoms with van der Waals surface area (Å²) in [6.45, 7) is 1.52. The molecule has 0 fully saturated rings. The second-order valence-corrected chi connectivity index (χ2v) is 4.93. The highest BCUT2D eigenvalue weighted by Crippen LogP contribution is 2.35. The molecule has 1 aromatic carbocycles. The van der Waals surface area contributed by atoms with Crippen LogP contribution in [0, 0.1) is 11.3 Å². The Morgan fingerprint density at radius 3 is 2.81 bits per heavy atom. The molecule has 0 saturated heterocycles. The Labute approximate surface area is 127 Å². The minimum absolute atomic E-state index is 0.278. The van der Waals surface area contributed by atoms with Gasteiger partial charge in [0.05, 0.1) is 41.1 Å². The van der Waals surface area contributed by atoms with Crippen LogP contribution in [0.3, 0.4) is 0 Å². The molecular formula is C14H14ClN3O3. The third-order valence-corrected chi connectivity index (χ3v) is 3.49. The second-order valence-electron chi connectivity index (χ2n) is 4.52. The Balaban J connectivity index is 2.33. The summed E-state index contributed by atoms with van der Waals surface area (Å²) in [6.07, 6.45) is 0.336. The molecule has 1 amide bonds. The number of amides is 1. The number of rotatable bonds is 6. The molecule has 1 aliphatic heterocycles. The SMILES string of the molecule is COCCN(CCC#N)c1cc2c(cc1Cl)C(=O)C(=O)N2. The lowest BCUT2D eigenvalue weighted by Gasteiger charge is -2.25. The summed E-state index contributed by atoms with van der Waals surface area (Å²) in [5.74, 6) is -1.24. The third kappa shape index (κ3) is 3.15. The molecule has 0 aromatic heterocycles. The minimum atomic E-state index is -0.654. The van der Waals surface area contributed by atoms with Crippen molar-refractivity contribution in [3.63, 3.8) is 0 Å². The first kappa shape index (κ1) is 15.3. The Bertz CT molecular complexity index is 625. The van der Waals surface area contributed by atoms with E-state index in [0.717, 1.165) is 0 Å². The quantitative estimate of drug-likeness (QED) is 0.811. The molecule has 1 aromatic rings. The highest BCUT2D eigenvalue weighted by molar-refractivity contribution is 6.52. The van der Waals surface area contributed by atoms with Gasteiger partial charge in [-0.1, -0.05) is 11.6 Å². The number of halogens is 1. The first-order chi connectivity index (χ1) is 10.1. The van der Waals surface area contributed by atoms with Crippen LogP contribution in [0.25, 0.3) is 0 Å². The molecule has 7 heteroatoms. The molecule has 0 unspecified atom stereocenters. The standard InChI is InChI=1S/C14H14ClN3O3/c1-21-6-5-18(4-2-3-16)12-8-11-9(7-10(12)15)13(19)14(20)17-11/h7-8H,2,4-6H2,1H3,(H,17,19,20). The van der Waals surface area contributed by atoms with Gasteiger partial charge in [0.2, 0.25) is 0 Å². The maximum absolute atomic E-state index is 11.6. The number of benzene rings is 1. The van der Waals surface area contributed by atoms with Crippen LogP contribution in [0.2, 0.25) is 5.02 Å². The number of hydrogen-bond donors (Lipinski definition) is 1. The van der Waals surface area contributed by atoms with E-state index in [1.807, 2.05) is 4.90 Å². The molecular weight excluding hydrogens is 294 g/mol. The lowest BCUT2D eigenvalue weighted by atomic mass is 10.1. The third-order valence-electron chi connectivity index (χ3n) is 3.19. The molecule has 1 aliphatic rings. The van der Waals surface area contributed by atoms with Gasteiger partial charge in [-0.05, 0) is 12.1 Å². The number of nitriles is 1. The van der Waals surface area contributed by atoms with Crippen LogP contribution in [0.15, 0.2) is 12.1 Å². The fourth-order valence-electron chi connectivity index (χ4n) is 2.14. The second kappa shape index (κ2) is 6.57. The van der Waals surface area contributed by atoms with Crippen molar-refractivity contribution in [2.45, 2.75) is 6.42 Å². The largest absolute Gasteiger partial charge is 0.383 e. The van der Waals surface area contributed by atoms with Gasteiger partial charge in [0, 0.05) is 20.2 Å². The number of anilines is 2. The topological polar surface area (TPSA) is 82.4 Å². The molecule has 0 saturated carbocycles. The van der Waals surface area contributed by atoms with Gasteiger partial charge in [0.1, 0.15) is 0 Å². The van der Waals surface area contributed by atoms with Crippen molar-refractivity contribution in [2.75, 3.05) is 37.0 Å². The molecule has 0 bridgehead atoms. The number of Topliss-reactive ketones (excluding diaryl/α,β-unsaturated/α-hetero) is 1. The van der Waals surface area contributed by atoms with Gasteiger partial charge in [-0.25, -0.2) is 0 Å². The monoisotopic (exact) mass is 307 g/mol. The zero-order valence-electron chi connectivity index (χ0n) is 11.5. The van der Waals surface area contributed by atoms with Crippen molar-refractivity contribution in [1.29, 1.82) is 5.26 Å². The van der Waals surface area contributed by atoms with E-state index < -0.39 is 11.7 Å². The van der Waals surface area contributed by atoms with Crippen molar-refractivity contribution in [1.82, 2.24) is 0 Å². The summed E-state index contributed by atoms with van der Waals surface area (Å²) >= 11 is 6.22. The van der Waals surface area contributed by atoms with Crippen LogP contribution in [0.5, 0.6) is 0 Å². The molecule has 0 radical (unpaired) electrons. The predicted octanol–water partition coefficient (Wildman–Crippen LogP) is 1.84. The van der Waals surface area contributed by atoms with Crippen LogP contribution in [0.1, 0.15) is 16.8 Å². The molecule has 0 atom stereocenters. The molecule has 21 heavy (non-hydrogen) atoms. The Kier molecular flexibility index (Phi) is 4.78. The van der Waals surface area contributed by atoms with Gasteiger partial charge in [-0.3, -0.25) is 9.59 Å². The van der Waals surface area contributed by atoms with Gasteiger partial charge in [0.15, 0.2) is 0 Å². The molecule has 1 heterocycles. The minimum Gasteiger partial charge on any atom is -0.383 e. The summed E-state index contributed by atoms with van der Waals surface area (Å²) < 4.78 is 5.05. The average Bonchev–Trinajstić information content (AvgIpc) is 2.74. The molecule has 0 aliphatic carbocycles. The summed E-state index contributed by atoms with van der Waals surface area (Å²) in [4.78, 5) is 24.9. The fraction of sp³-hybridized carbons (Fsp3) is 0.357. The van der Waals surface area contributed by atoms with Gasteiger partial charge < -0.3 is 15.0 Å². The van der Waals surface area contributed by atoms with Crippen molar-refractivity contribution in [2.24, 2.45) is 0 Å². The Morgan fingerprint density at radius 2 is 2.14 bits per heavy atom. The Morgan fingerprint density at radius 1 is 1.38 bits per heavy atom. The highest BCUT2D eigenvalue weighted by atomic mass is 35.5. The lowest BCUT2D eigenvalue weighted by molar-refractivity contribution is -0.112. The lowest BCUT2D eigenvalue weighted by Crippen LogP contribution is -2.28. The van der Waals surface area contributed by atoms with E-state index in [2.05, 4.69) is 11.4 Å². The van der Waals surface area contributed by atoms with Crippen LogP contribution < -0.4 is 10.2 Å². The number of ether oxygens (including phenoxy) is 1.